The van der Waals surface area contributed by atoms with E-state index < -0.39 is 0 Å². The Kier molecular flexibility index (Phi) is 16.2. The molecule has 0 aromatic carbocycles. The van der Waals surface area contributed by atoms with Crippen LogP contribution in [-0.4, -0.2) is 17.0 Å². The van der Waals surface area contributed by atoms with E-state index in [1.807, 2.05) is 0 Å². The van der Waals surface area contributed by atoms with Crippen molar-refractivity contribution < 1.29 is 32.0 Å². The predicted molar refractivity (Wildman–Crippen MR) is 38.3 cm³/mol. The Labute approximate surface area is 76.2 Å². The van der Waals surface area contributed by atoms with Crippen molar-refractivity contribution in [2.24, 2.45) is 5.73 Å². The molecule has 6 N–H and O–H groups in total. The van der Waals surface area contributed by atoms with Crippen molar-refractivity contribution in [2.45, 2.75) is 38.1 Å². The summed E-state index contributed by atoms with van der Waals surface area (Å²) in [5.74, 6) is 0. The first kappa shape index (κ1) is 16.9. The van der Waals surface area contributed by atoms with Crippen LogP contribution in [0.5, 0.6) is 0 Å². The molecule has 66 valence electrons. The van der Waals surface area contributed by atoms with Gasteiger partial charge in [0.25, 0.3) is 0 Å². The Bertz CT molecular complexity index is 57.7. The van der Waals surface area contributed by atoms with Gasteiger partial charge in [-0.1, -0.05) is 19.3 Å². The third-order valence-electron chi connectivity index (χ3n) is 1.65. The van der Waals surface area contributed by atoms with Gasteiger partial charge >= 0.3 is 21.1 Å². The molecule has 1 fully saturated rings. The Morgan fingerprint density at radius 1 is 0.900 bits per heavy atom. The molecular formula is C6H17NO2Pt+2. The molecule has 0 unspecified atom stereocenters. The van der Waals surface area contributed by atoms with E-state index in [9.17, 15) is 0 Å². The van der Waals surface area contributed by atoms with Gasteiger partial charge in [0.2, 0.25) is 0 Å². The molecule has 1 aliphatic carbocycles. The van der Waals surface area contributed by atoms with Crippen LogP contribution >= 0.6 is 0 Å². The van der Waals surface area contributed by atoms with Crippen molar-refractivity contribution in [3.8, 4) is 0 Å². The van der Waals surface area contributed by atoms with Gasteiger partial charge in [0.1, 0.15) is 0 Å². The third-order valence-corrected chi connectivity index (χ3v) is 1.65. The van der Waals surface area contributed by atoms with Crippen LogP contribution in [0.15, 0.2) is 0 Å². The third kappa shape index (κ3) is 6.69. The fourth-order valence-electron chi connectivity index (χ4n) is 1.13. The Morgan fingerprint density at radius 2 is 1.30 bits per heavy atom. The zero-order valence-corrected chi connectivity index (χ0v) is 8.28. The molecule has 0 atom stereocenters. The van der Waals surface area contributed by atoms with Crippen LogP contribution in [0.25, 0.3) is 0 Å². The van der Waals surface area contributed by atoms with Crippen molar-refractivity contribution in [2.75, 3.05) is 0 Å². The minimum atomic E-state index is 0. The summed E-state index contributed by atoms with van der Waals surface area (Å²) in [5, 5.41) is 0. The summed E-state index contributed by atoms with van der Waals surface area (Å²) in [4.78, 5) is 0. The van der Waals surface area contributed by atoms with Crippen molar-refractivity contribution in [1.82, 2.24) is 0 Å². The summed E-state index contributed by atoms with van der Waals surface area (Å²) in [5.41, 5.74) is 5.63. The molecule has 0 heterocycles. The summed E-state index contributed by atoms with van der Waals surface area (Å²) < 4.78 is 0. The molecule has 1 saturated carbocycles. The van der Waals surface area contributed by atoms with E-state index in [0.717, 1.165) is 0 Å². The van der Waals surface area contributed by atoms with Crippen LogP contribution in [0.3, 0.4) is 0 Å². The quantitative estimate of drug-likeness (QED) is 0.645. The second-order valence-electron chi connectivity index (χ2n) is 2.40. The zero-order valence-electron chi connectivity index (χ0n) is 6.01. The average Bonchev–Trinajstić information content (AvgIpc) is 1.69. The summed E-state index contributed by atoms with van der Waals surface area (Å²) in [6, 6.07) is 0.536. The first-order valence-corrected chi connectivity index (χ1v) is 3.15. The maximum Gasteiger partial charge on any atom is 2.00 e. The molecule has 0 spiro atoms. The van der Waals surface area contributed by atoms with Crippen molar-refractivity contribution in [3.05, 3.63) is 0 Å². The SMILES string of the molecule is NC1CCCCC1.O.O.[Pt+2]. The number of nitrogens with two attached hydrogens (primary N) is 1. The summed E-state index contributed by atoms with van der Waals surface area (Å²) in [6.45, 7) is 0. The number of rotatable bonds is 0. The van der Waals surface area contributed by atoms with Gasteiger partial charge in [-0.3, -0.25) is 0 Å². The van der Waals surface area contributed by atoms with E-state index in [-0.39, 0.29) is 32.0 Å². The van der Waals surface area contributed by atoms with Gasteiger partial charge < -0.3 is 16.7 Å². The first-order valence-electron chi connectivity index (χ1n) is 3.15. The van der Waals surface area contributed by atoms with Gasteiger partial charge in [0.15, 0.2) is 0 Å². The first-order chi connectivity index (χ1) is 3.39. The second kappa shape index (κ2) is 9.57. The van der Waals surface area contributed by atoms with E-state index in [1.54, 1.807) is 0 Å². The van der Waals surface area contributed by atoms with Crippen molar-refractivity contribution in [3.63, 3.8) is 0 Å². The smallest absolute Gasteiger partial charge is 0.412 e. The molecule has 0 bridgehead atoms. The standard InChI is InChI=1S/C6H13N.2H2O.Pt/c7-6-4-2-1-3-5-6;;;/h6H,1-5,7H2;2*1H2;/q;;;+2. The molecule has 0 aromatic rings. The van der Waals surface area contributed by atoms with E-state index in [0.29, 0.717) is 6.04 Å². The topological polar surface area (TPSA) is 89.0 Å². The van der Waals surface area contributed by atoms with Crippen molar-refractivity contribution >= 4 is 0 Å². The van der Waals surface area contributed by atoms with Gasteiger partial charge in [-0.25, -0.2) is 0 Å². The van der Waals surface area contributed by atoms with E-state index in [1.165, 1.54) is 32.1 Å². The average molecular weight is 330 g/mol. The molecule has 3 nitrogen and oxygen atoms in total. The molecular weight excluding hydrogens is 313 g/mol. The second-order valence-corrected chi connectivity index (χ2v) is 2.40. The molecule has 0 saturated heterocycles. The van der Waals surface area contributed by atoms with Gasteiger partial charge in [0, 0.05) is 6.04 Å². The fraction of sp³-hybridized carbons (Fsp3) is 1.00. The molecule has 4 heteroatoms. The van der Waals surface area contributed by atoms with Crippen LogP contribution < -0.4 is 5.73 Å². The van der Waals surface area contributed by atoms with Crippen LogP contribution in [0.2, 0.25) is 0 Å². The minimum Gasteiger partial charge on any atom is -0.412 e. The maximum atomic E-state index is 5.63. The molecule has 0 radical (unpaired) electrons. The van der Waals surface area contributed by atoms with Gasteiger partial charge in [0.05, 0.1) is 0 Å². The summed E-state index contributed by atoms with van der Waals surface area (Å²) >= 11 is 0. The predicted octanol–water partition coefficient (Wildman–Crippen LogP) is -0.374. The monoisotopic (exact) mass is 330 g/mol. The van der Waals surface area contributed by atoms with E-state index in [4.69, 9.17) is 5.73 Å². The zero-order chi connectivity index (χ0) is 5.11. The Balaban J connectivity index is -0.000000163. The van der Waals surface area contributed by atoms with Crippen LogP contribution in [0.1, 0.15) is 32.1 Å². The summed E-state index contributed by atoms with van der Waals surface area (Å²) in [7, 11) is 0. The Hall–Kier alpha value is 0.568. The fourth-order valence-corrected chi connectivity index (χ4v) is 1.13. The minimum absolute atomic E-state index is 0. The normalized spacial score (nSPS) is 17.7. The largest absolute Gasteiger partial charge is 2.00 e. The molecule has 1 aliphatic rings. The van der Waals surface area contributed by atoms with Gasteiger partial charge in [-0.05, 0) is 12.8 Å². The van der Waals surface area contributed by atoms with Crippen LogP contribution in [0.4, 0.5) is 0 Å². The van der Waals surface area contributed by atoms with E-state index in [2.05, 4.69) is 0 Å². The number of hydrogen-bond donors (Lipinski definition) is 1. The van der Waals surface area contributed by atoms with E-state index >= 15 is 0 Å². The van der Waals surface area contributed by atoms with Crippen molar-refractivity contribution in [1.29, 1.82) is 0 Å². The molecule has 10 heavy (non-hydrogen) atoms. The van der Waals surface area contributed by atoms with Crippen LogP contribution in [-0.2, 0) is 21.1 Å². The summed E-state index contributed by atoms with van der Waals surface area (Å²) in [6.07, 6.45) is 6.66. The molecule has 0 aromatic heterocycles. The van der Waals surface area contributed by atoms with Gasteiger partial charge in [-0.15, -0.1) is 0 Å². The van der Waals surface area contributed by atoms with Crippen LogP contribution in [0, 0.1) is 0 Å². The number of hydrogen-bond acceptors (Lipinski definition) is 1. The Morgan fingerprint density at radius 3 is 1.50 bits per heavy atom. The molecule has 0 amide bonds. The molecule has 0 aliphatic heterocycles. The maximum absolute atomic E-state index is 5.63. The van der Waals surface area contributed by atoms with Gasteiger partial charge in [-0.2, -0.15) is 0 Å². The molecule has 1 rings (SSSR count).